The summed E-state index contributed by atoms with van der Waals surface area (Å²) in [7, 11) is 0. The topological polar surface area (TPSA) is 74.2 Å². The fourth-order valence-electron chi connectivity index (χ4n) is 4.55. The van der Waals surface area contributed by atoms with Gasteiger partial charge in [0.05, 0.1) is 0 Å². The van der Waals surface area contributed by atoms with Crippen molar-refractivity contribution in [1.29, 1.82) is 0 Å². The van der Waals surface area contributed by atoms with Gasteiger partial charge in [-0.25, -0.2) is 0 Å². The molecule has 4 unspecified atom stereocenters. The Morgan fingerprint density at radius 2 is 1.71 bits per heavy atom. The number of benzene rings is 3. The van der Waals surface area contributed by atoms with Crippen molar-refractivity contribution in [2.45, 2.75) is 64.2 Å². The summed E-state index contributed by atoms with van der Waals surface area (Å²) in [4.78, 5) is 13.2. The Kier molecular flexibility index (Phi) is 6.47. The van der Waals surface area contributed by atoms with E-state index in [1.54, 1.807) is 19.9 Å². The molecule has 182 valence electrons. The molecule has 0 amide bonds. The van der Waals surface area contributed by atoms with Gasteiger partial charge in [-0.05, 0) is 67.6 Å². The molecule has 5 rings (SSSR count). The molecule has 2 aliphatic rings. The van der Waals surface area contributed by atoms with Crippen molar-refractivity contribution < 1.29 is 28.8 Å². The molecule has 3 aromatic rings. The lowest BCUT2D eigenvalue weighted by atomic mass is 9.94. The van der Waals surface area contributed by atoms with Crippen molar-refractivity contribution in [1.82, 2.24) is 0 Å². The van der Waals surface area contributed by atoms with Crippen LogP contribution in [-0.2, 0) is 27.2 Å². The molecule has 0 aliphatic carbocycles. The number of ketones is 1. The van der Waals surface area contributed by atoms with Crippen molar-refractivity contribution in [2.75, 3.05) is 0 Å². The zero-order valence-corrected chi connectivity index (χ0v) is 20.1. The minimum Gasteiger partial charge on any atom is -0.489 e. The van der Waals surface area contributed by atoms with Crippen LogP contribution in [0, 0.1) is 6.92 Å². The SMILES string of the molecule is Cc1ccc(C(=O)C2OC3OC(C)(C)OC3C2O)cc1Cc1ccc(OCc2ccccc2)cc1. The zero-order chi connectivity index (χ0) is 24.6. The van der Waals surface area contributed by atoms with E-state index >= 15 is 0 Å². The van der Waals surface area contributed by atoms with E-state index in [4.69, 9.17) is 18.9 Å². The summed E-state index contributed by atoms with van der Waals surface area (Å²) in [5.41, 5.74) is 4.85. The van der Waals surface area contributed by atoms with Gasteiger partial charge in [-0.2, -0.15) is 0 Å². The molecule has 2 fully saturated rings. The first-order valence-corrected chi connectivity index (χ1v) is 11.9. The second-order valence-electron chi connectivity index (χ2n) is 9.62. The average Bonchev–Trinajstić information content (AvgIpc) is 3.32. The molecule has 2 heterocycles. The van der Waals surface area contributed by atoms with E-state index in [0.717, 1.165) is 28.0 Å². The van der Waals surface area contributed by atoms with Gasteiger partial charge >= 0.3 is 0 Å². The van der Waals surface area contributed by atoms with Gasteiger partial charge in [-0.15, -0.1) is 0 Å². The average molecular weight is 475 g/mol. The number of hydrogen-bond donors (Lipinski definition) is 1. The predicted molar refractivity (Wildman–Crippen MR) is 130 cm³/mol. The van der Waals surface area contributed by atoms with Crippen LogP contribution in [0.25, 0.3) is 0 Å². The van der Waals surface area contributed by atoms with E-state index in [1.165, 1.54) is 0 Å². The van der Waals surface area contributed by atoms with Crippen LogP contribution in [0.5, 0.6) is 5.75 Å². The smallest absolute Gasteiger partial charge is 0.194 e. The fourth-order valence-corrected chi connectivity index (χ4v) is 4.55. The summed E-state index contributed by atoms with van der Waals surface area (Å²) >= 11 is 0. The highest BCUT2D eigenvalue weighted by Gasteiger charge is 2.56. The Hall–Kier alpha value is -3.03. The van der Waals surface area contributed by atoms with Crippen LogP contribution in [0.2, 0.25) is 0 Å². The molecule has 0 spiro atoms. The number of Topliss-reactive ketones (excluding diaryl/α,β-unsaturated/α-hetero) is 1. The molecule has 6 heteroatoms. The summed E-state index contributed by atoms with van der Waals surface area (Å²) in [6, 6.07) is 23.6. The number of carbonyl (C=O) groups is 1. The van der Waals surface area contributed by atoms with Gasteiger partial charge in [0.15, 0.2) is 24.0 Å². The van der Waals surface area contributed by atoms with Crippen molar-refractivity contribution in [3.05, 3.63) is 101 Å². The third-order valence-electron chi connectivity index (χ3n) is 6.47. The third kappa shape index (κ3) is 5.16. The molecule has 0 bridgehead atoms. The molecule has 6 nitrogen and oxygen atoms in total. The van der Waals surface area contributed by atoms with Crippen molar-refractivity contribution in [3.63, 3.8) is 0 Å². The Morgan fingerprint density at radius 3 is 2.43 bits per heavy atom. The first-order chi connectivity index (χ1) is 16.8. The van der Waals surface area contributed by atoms with Gasteiger partial charge < -0.3 is 24.1 Å². The Bertz CT molecular complexity index is 1190. The number of aliphatic hydroxyl groups excluding tert-OH is 1. The standard InChI is InChI=1S/C29H30O6/c1-18-9-12-21(24(30)26-25(31)27-28(33-26)35-29(2,3)34-27)16-22(18)15-19-10-13-23(14-11-19)32-17-20-7-5-4-6-8-20/h4-14,16,25-28,31H,15,17H2,1-3H3. The number of aliphatic hydroxyl groups is 1. The molecule has 0 saturated carbocycles. The number of aryl methyl sites for hydroxylation is 1. The van der Waals surface area contributed by atoms with Crippen molar-refractivity contribution in [2.24, 2.45) is 0 Å². The molecular formula is C29H30O6. The normalized spacial score (nSPS) is 24.8. The number of fused-ring (bicyclic) bond motifs is 1. The van der Waals surface area contributed by atoms with E-state index in [-0.39, 0.29) is 5.78 Å². The lowest BCUT2D eigenvalue weighted by molar-refractivity contribution is -0.208. The summed E-state index contributed by atoms with van der Waals surface area (Å²) in [5.74, 6) is -0.310. The lowest BCUT2D eigenvalue weighted by Gasteiger charge is -2.22. The van der Waals surface area contributed by atoms with Gasteiger partial charge in [0.1, 0.15) is 24.6 Å². The van der Waals surface area contributed by atoms with Gasteiger partial charge in [0, 0.05) is 5.56 Å². The summed E-state index contributed by atoms with van der Waals surface area (Å²) in [5, 5.41) is 10.7. The molecule has 0 aromatic heterocycles. The third-order valence-corrected chi connectivity index (χ3v) is 6.47. The van der Waals surface area contributed by atoms with E-state index in [9.17, 15) is 9.90 Å². The first kappa shape index (κ1) is 23.7. The minimum atomic E-state index is -1.08. The lowest BCUT2D eigenvalue weighted by Crippen LogP contribution is -2.38. The van der Waals surface area contributed by atoms with Crippen LogP contribution in [0.3, 0.4) is 0 Å². The highest BCUT2D eigenvalue weighted by molar-refractivity contribution is 6.00. The van der Waals surface area contributed by atoms with Crippen LogP contribution in [0.4, 0.5) is 0 Å². The van der Waals surface area contributed by atoms with Gasteiger partial charge in [0.2, 0.25) is 0 Å². The van der Waals surface area contributed by atoms with Crippen LogP contribution < -0.4 is 4.74 Å². The van der Waals surface area contributed by atoms with E-state index in [0.29, 0.717) is 18.6 Å². The van der Waals surface area contributed by atoms with Gasteiger partial charge in [0.25, 0.3) is 0 Å². The first-order valence-electron chi connectivity index (χ1n) is 11.9. The van der Waals surface area contributed by atoms with E-state index in [2.05, 4.69) is 0 Å². The molecular weight excluding hydrogens is 444 g/mol. The molecule has 3 aromatic carbocycles. The summed E-state index contributed by atoms with van der Waals surface area (Å²) in [6.07, 6.45) is -2.85. The fraction of sp³-hybridized carbons (Fsp3) is 0.345. The van der Waals surface area contributed by atoms with Crippen LogP contribution >= 0.6 is 0 Å². The second kappa shape index (κ2) is 9.55. The van der Waals surface area contributed by atoms with Crippen LogP contribution in [-0.4, -0.2) is 41.3 Å². The molecule has 4 atom stereocenters. The maximum atomic E-state index is 13.2. The van der Waals surface area contributed by atoms with Crippen molar-refractivity contribution >= 4 is 5.78 Å². The quantitative estimate of drug-likeness (QED) is 0.505. The van der Waals surface area contributed by atoms with Crippen LogP contribution in [0.1, 0.15) is 46.5 Å². The molecule has 2 aliphatic heterocycles. The zero-order valence-electron chi connectivity index (χ0n) is 20.1. The second-order valence-corrected chi connectivity index (χ2v) is 9.62. The number of hydrogen-bond acceptors (Lipinski definition) is 6. The maximum Gasteiger partial charge on any atom is 0.194 e. The summed E-state index contributed by atoms with van der Waals surface area (Å²) < 4.78 is 23.0. The highest BCUT2D eigenvalue weighted by atomic mass is 16.8. The van der Waals surface area contributed by atoms with Gasteiger partial charge in [-0.3, -0.25) is 4.79 Å². The Balaban J connectivity index is 1.25. The largest absolute Gasteiger partial charge is 0.489 e. The Labute approximate surface area is 205 Å². The van der Waals surface area contributed by atoms with Gasteiger partial charge in [-0.1, -0.05) is 54.6 Å². The Morgan fingerprint density at radius 1 is 0.971 bits per heavy atom. The number of carbonyl (C=O) groups excluding carboxylic acids is 1. The minimum absolute atomic E-state index is 0.275. The van der Waals surface area contributed by atoms with Crippen molar-refractivity contribution in [3.8, 4) is 5.75 Å². The highest BCUT2D eigenvalue weighted by Crippen LogP contribution is 2.38. The molecule has 0 radical (unpaired) electrons. The molecule has 35 heavy (non-hydrogen) atoms. The predicted octanol–water partition coefficient (Wildman–Crippen LogP) is 4.58. The van der Waals surface area contributed by atoms with E-state index < -0.39 is 30.4 Å². The monoisotopic (exact) mass is 474 g/mol. The summed E-state index contributed by atoms with van der Waals surface area (Å²) in [6.45, 7) is 6.06. The maximum absolute atomic E-state index is 13.2. The van der Waals surface area contributed by atoms with E-state index in [1.807, 2.05) is 73.7 Å². The number of ether oxygens (including phenoxy) is 4. The molecule has 1 N–H and O–H groups in total. The molecule has 2 saturated heterocycles. The van der Waals surface area contributed by atoms with Crippen LogP contribution in [0.15, 0.2) is 72.8 Å². The number of rotatable bonds is 7.